The second kappa shape index (κ2) is 15.3. The molecule has 0 spiro atoms. The first-order valence-corrected chi connectivity index (χ1v) is 15.8. The van der Waals surface area contributed by atoms with E-state index in [0.29, 0.717) is 8.58 Å². The fourth-order valence-corrected chi connectivity index (χ4v) is 7.70. The van der Waals surface area contributed by atoms with Crippen LogP contribution in [0.5, 0.6) is 5.75 Å². The lowest BCUT2D eigenvalue weighted by Crippen LogP contribution is -2.26. The summed E-state index contributed by atoms with van der Waals surface area (Å²) < 4.78 is 12.0. The minimum absolute atomic E-state index is 0.0433. The molecule has 2 atom stereocenters. The maximum Gasteiger partial charge on any atom is 0.188 e. The van der Waals surface area contributed by atoms with Gasteiger partial charge in [0.2, 0.25) is 0 Å². The van der Waals surface area contributed by atoms with Gasteiger partial charge in [0.15, 0.2) is 6.79 Å². The number of nitrogens with zero attached hydrogens (tertiary/aromatic N) is 1. The van der Waals surface area contributed by atoms with Crippen molar-refractivity contribution in [3.63, 3.8) is 0 Å². The van der Waals surface area contributed by atoms with Gasteiger partial charge < -0.3 is 14.4 Å². The quantitative estimate of drug-likeness (QED) is 0.107. The molecule has 41 heavy (non-hydrogen) atoms. The van der Waals surface area contributed by atoms with Gasteiger partial charge in [0, 0.05) is 30.8 Å². The standard InChI is InChI=1S/C37H46NO2P/c1-6-22-37(7-2,41-35-21-15-14-20-32(35)27-38(3)4)34-26-31(23-29-16-10-8-11-17-29)25-33(36(34)40-28-39-5)24-30-18-12-9-13-19-30/h8-21,25-26,41H,6-7,22-24,27-28H2,1-5H3. The van der Waals surface area contributed by atoms with Gasteiger partial charge in [0.1, 0.15) is 5.75 Å². The maximum absolute atomic E-state index is 6.56. The summed E-state index contributed by atoms with van der Waals surface area (Å²) in [4.78, 5) is 2.27. The van der Waals surface area contributed by atoms with E-state index >= 15 is 0 Å². The van der Waals surface area contributed by atoms with E-state index in [4.69, 9.17) is 9.47 Å². The third-order valence-electron chi connectivity index (χ3n) is 7.71. The number of ether oxygens (including phenoxy) is 2. The lowest BCUT2D eigenvalue weighted by Gasteiger charge is -2.37. The predicted octanol–water partition coefficient (Wildman–Crippen LogP) is 8.32. The zero-order chi connectivity index (χ0) is 29.1. The van der Waals surface area contributed by atoms with Crippen molar-refractivity contribution in [3.05, 3.63) is 130 Å². The van der Waals surface area contributed by atoms with Crippen molar-refractivity contribution in [2.75, 3.05) is 28.0 Å². The van der Waals surface area contributed by atoms with E-state index in [0.717, 1.165) is 44.4 Å². The molecule has 0 aliphatic carbocycles. The van der Waals surface area contributed by atoms with Crippen LogP contribution in [0.25, 0.3) is 0 Å². The third kappa shape index (κ3) is 8.29. The van der Waals surface area contributed by atoms with Crippen molar-refractivity contribution >= 4 is 13.9 Å². The fourth-order valence-electron chi connectivity index (χ4n) is 5.80. The SMILES string of the molecule is CCCC(CC)(Pc1ccccc1CN(C)C)c1cc(Cc2ccccc2)cc(Cc2ccccc2)c1OCOC. The van der Waals surface area contributed by atoms with Crippen molar-refractivity contribution in [2.24, 2.45) is 0 Å². The monoisotopic (exact) mass is 567 g/mol. The van der Waals surface area contributed by atoms with Crippen LogP contribution in [0.1, 0.15) is 66.5 Å². The minimum atomic E-state index is -0.0433. The first-order valence-electron chi connectivity index (χ1n) is 14.8. The van der Waals surface area contributed by atoms with Gasteiger partial charge in [-0.3, -0.25) is 0 Å². The Balaban J connectivity index is 1.91. The molecule has 0 aromatic heterocycles. The molecule has 0 N–H and O–H groups in total. The normalized spacial score (nSPS) is 13.1. The van der Waals surface area contributed by atoms with Crippen LogP contribution >= 0.6 is 8.58 Å². The highest BCUT2D eigenvalue weighted by Gasteiger charge is 2.35. The smallest absolute Gasteiger partial charge is 0.188 e. The lowest BCUT2D eigenvalue weighted by molar-refractivity contribution is 0.0492. The van der Waals surface area contributed by atoms with Crippen molar-refractivity contribution in [3.8, 4) is 5.75 Å². The highest BCUT2D eigenvalue weighted by molar-refractivity contribution is 7.48. The van der Waals surface area contributed by atoms with E-state index in [1.54, 1.807) is 7.11 Å². The van der Waals surface area contributed by atoms with Crippen LogP contribution in [-0.2, 0) is 29.3 Å². The summed E-state index contributed by atoms with van der Waals surface area (Å²) in [7, 11) is 6.64. The van der Waals surface area contributed by atoms with Crippen LogP contribution in [0.4, 0.5) is 0 Å². The van der Waals surface area contributed by atoms with Crippen molar-refractivity contribution in [1.82, 2.24) is 4.90 Å². The van der Waals surface area contributed by atoms with E-state index in [1.165, 1.54) is 38.7 Å². The van der Waals surface area contributed by atoms with E-state index in [2.05, 4.69) is 130 Å². The number of methoxy groups -OCH3 is 1. The van der Waals surface area contributed by atoms with E-state index in [9.17, 15) is 0 Å². The summed E-state index contributed by atoms with van der Waals surface area (Å²) in [5.74, 6) is 1.00. The lowest BCUT2D eigenvalue weighted by atomic mass is 9.85. The molecule has 4 aromatic carbocycles. The van der Waals surface area contributed by atoms with Gasteiger partial charge in [0.25, 0.3) is 0 Å². The molecule has 0 aliphatic rings. The molecule has 0 saturated carbocycles. The van der Waals surface area contributed by atoms with Gasteiger partial charge in [0.05, 0.1) is 0 Å². The Bertz CT molecular complexity index is 1360. The molecule has 3 nitrogen and oxygen atoms in total. The van der Waals surface area contributed by atoms with E-state index in [-0.39, 0.29) is 11.9 Å². The number of hydrogen-bond donors (Lipinski definition) is 0. The van der Waals surface area contributed by atoms with E-state index in [1.807, 2.05) is 0 Å². The van der Waals surface area contributed by atoms with Crippen LogP contribution in [0.2, 0.25) is 0 Å². The summed E-state index contributed by atoms with van der Waals surface area (Å²) in [5.41, 5.74) is 7.92. The molecule has 0 bridgehead atoms. The van der Waals surface area contributed by atoms with Gasteiger partial charge in [-0.15, -0.1) is 0 Å². The number of rotatable bonds is 15. The van der Waals surface area contributed by atoms with Gasteiger partial charge >= 0.3 is 0 Å². The van der Waals surface area contributed by atoms with E-state index < -0.39 is 0 Å². The zero-order valence-electron chi connectivity index (χ0n) is 25.5. The Labute approximate surface area is 249 Å². The Hall–Kier alpha value is -2.97. The molecule has 0 saturated heterocycles. The molecule has 0 aliphatic heterocycles. The van der Waals surface area contributed by atoms with Gasteiger partial charge in [-0.25, -0.2) is 0 Å². The fraction of sp³-hybridized carbons (Fsp3) is 0.351. The Morgan fingerprint density at radius 3 is 1.98 bits per heavy atom. The first kappa shape index (κ1) is 31.0. The molecule has 4 rings (SSSR count). The average Bonchev–Trinajstić information content (AvgIpc) is 2.98. The predicted molar refractivity (Wildman–Crippen MR) is 176 cm³/mol. The van der Waals surface area contributed by atoms with Crippen LogP contribution in [0, 0.1) is 0 Å². The molecule has 2 unspecified atom stereocenters. The second-order valence-corrected chi connectivity index (χ2v) is 13.0. The summed E-state index contributed by atoms with van der Waals surface area (Å²) in [6.07, 6.45) is 4.96. The molecule has 216 valence electrons. The summed E-state index contributed by atoms with van der Waals surface area (Å²) >= 11 is 0. The molecular formula is C37H46NO2P. The topological polar surface area (TPSA) is 21.7 Å². The molecule has 0 heterocycles. The van der Waals surface area contributed by atoms with Crippen LogP contribution in [0.3, 0.4) is 0 Å². The van der Waals surface area contributed by atoms with Gasteiger partial charge in [-0.1, -0.05) is 126 Å². The van der Waals surface area contributed by atoms with Crippen LogP contribution in [0.15, 0.2) is 97.1 Å². The van der Waals surface area contributed by atoms with Crippen molar-refractivity contribution in [2.45, 2.75) is 57.7 Å². The maximum atomic E-state index is 6.56. The highest BCUT2D eigenvalue weighted by atomic mass is 31.1. The second-order valence-electron chi connectivity index (χ2n) is 11.2. The average molecular weight is 568 g/mol. The number of benzene rings is 4. The summed E-state index contributed by atoms with van der Waals surface area (Å²) in [6, 6.07) is 35.4. The molecule has 4 aromatic rings. The van der Waals surface area contributed by atoms with Crippen molar-refractivity contribution < 1.29 is 9.47 Å². The zero-order valence-corrected chi connectivity index (χ0v) is 26.5. The minimum Gasteiger partial charge on any atom is -0.467 e. The molecular weight excluding hydrogens is 521 g/mol. The number of hydrogen-bond acceptors (Lipinski definition) is 3. The third-order valence-corrected chi connectivity index (χ3v) is 9.82. The largest absolute Gasteiger partial charge is 0.467 e. The summed E-state index contributed by atoms with van der Waals surface area (Å²) in [5, 5.41) is 1.41. The molecule has 0 amide bonds. The summed E-state index contributed by atoms with van der Waals surface area (Å²) in [6.45, 7) is 5.85. The van der Waals surface area contributed by atoms with Gasteiger partial charge in [-0.05, 0) is 66.5 Å². The highest BCUT2D eigenvalue weighted by Crippen LogP contribution is 2.52. The van der Waals surface area contributed by atoms with Crippen molar-refractivity contribution in [1.29, 1.82) is 0 Å². The molecule has 4 heteroatoms. The van der Waals surface area contributed by atoms with Gasteiger partial charge in [-0.2, -0.15) is 0 Å². The molecule has 0 fully saturated rings. The first-order chi connectivity index (χ1) is 20.0. The Morgan fingerprint density at radius 2 is 1.37 bits per heavy atom. The van der Waals surface area contributed by atoms with Crippen LogP contribution in [-0.4, -0.2) is 32.9 Å². The van der Waals surface area contributed by atoms with Crippen LogP contribution < -0.4 is 10.0 Å². The Kier molecular flexibility index (Phi) is 11.6. The Morgan fingerprint density at radius 1 is 0.732 bits per heavy atom. The molecule has 0 radical (unpaired) electrons.